The van der Waals surface area contributed by atoms with Gasteiger partial charge in [0.25, 0.3) is 0 Å². The van der Waals surface area contributed by atoms with Gasteiger partial charge in [0.2, 0.25) is 5.91 Å². The Morgan fingerprint density at radius 2 is 1.21 bits per heavy atom. The maximum Gasteiger partial charge on any atom is 0.229 e. The van der Waals surface area contributed by atoms with Crippen LogP contribution in [0.15, 0.2) is 58.3 Å². The fourth-order valence-corrected chi connectivity index (χ4v) is 4.05. The first-order chi connectivity index (χ1) is 12.9. The highest BCUT2D eigenvalue weighted by molar-refractivity contribution is 8.76. The minimum absolute atomic E-state index is 0.00677. The minimum Gasteiger partial charge on any atom is -0.326 e. The van der Waals surface area contributed by atoms with Crippen LogP contribution in [0.3, 0.4) is 0 Å². The number of ketones is 1. The molecule has 0 atom stereocenters. The molecule has 0 bridgehead atoms. The molecule has 0 radical (unpaired) electrons. The van der Waals surface area contributed by atoms with Crippen LogP contribution >= 0.6 is 21.6 Å². The molecule has 1 N–H and O–H groups in total. The molecule has 0 fully saturated rings. The summed E-state index contributed by atoms with van der Waals surface area (Å²) in [6, 6.07) is 16.0. The van der Waals surface area contributed by atoms with Gasteiger partial charge in [0.15, 0.2) is 0 Å². The lowest BCUT2D eigenvalue weighted by atomic mass is 9.87. The summed E-state index contributed by atoms with van der Waals surface area (Å²) in [5, 5.41) is 2.93. The molecule has 0 saturated carbocycles. The van der Waals surface area contributed by atoms with Gasteiger partial charge in [-0.3, -0.25) is 9.59 Å². The van der Waals surface area contributed by atoms with Crippen LogP contribution in [0.1, 0.15) is 47.1 Å². The molecule has 0 aromatic heterocycles. The van der Waals surface area contributed by atoms with E-state index in [9.17, 15) is 9.59 Å². The number of Topliss-reactive ketones (excluding diaryl/α,β-unsaturated/α-hetero) is 1. The zero-order chi connectivity index (χ0) is 20.9. The first-order valence-corrected chi connectivity index (χ1v) is 11.5. The second-order valence-corrected chi connectivity index (χ2v) is 11.2. The van der Waals surface area contributed by atoms with Gasteiger partial charge >= 0.3 is 0 Å². The largest absolute Gasteiger partial charge is 0.326 e. The van der Waals surface area contributed by atoms with Gasteiger partial charge in [-0.25, -0.2) is 0 Å². The molecular weight excluding hydrogens is 386 g/mol. The van der Waals surface area contributed by atoms with E-state index in [1.54, 1.807) is 21.6 Å². The van der Waals surface area contributed by atoms with Gasteiger partial charge in [-0.15, -0.1) is 0 Å². The first kappa shape index (κ1) is 22.6. The Bertz CT molecular complexity index is 742. The van der Waals surface area contributed by atoms with Gasteiger partial charge in [-0.05, 0) is 42.0 Å². The summed E-state index contributed by atoms with van der Waals surface area (Å²) in [6.45, 7) is 11.6. The van der Waals surface area contributed by atoms with Crippen molar-refractivity contribution in [3.05, 3.63) is 54.1 Å². The fourth-order valence-electron chi connectivity index (χ4n) is 2.12. The summed E-state index contributed by atoms with van der Waals surface area (Å²) in [6.07, 6.45) is 0.476. The van der Waals surface area contributed by atoms with Crippen molar-refractivity contribution in [2.45, 2.75) is 57.8 Å². The molecule has 0 aliphatic heterocycles. The highest BCUT2D eigenvalue weighted by Gasteiger charge is 2.21. The van der Waals surface area contributed by atoms with E-state index in [0.29, 0.717) is 6.42 Å². The Labute approximate surface area is 176 Å². The van der Waals surface area contributed by atoms with Crippen molar-refractivity contribution in [1.82, 2.24) is 0 Å². The number of anilines is 1. The Hall–Kier alpha value is -1.72. The molecule has 0 saturated heterocycles. The molecule has 0 heterocycles. The van der Waals surface area contributed by atoms with Crippen molar-refractivity contribution in [1.29, 1.82) is 0 Å². The first-order valence-electron chi connectivity index (χ1n) is 9.33. The number of nitrogens with one attached hydrogen (secondary N) is 1. The summed E-state index contributed by atoms with van der Waals surface area (Å²) in [7, 11) is 3.34. The van der Waals surface area contributed by atoms with Gasteiger partial charge < -0.3 is 5.32 Å². The third-order valence-electron chi connectivity index (χ3n) is 4.15. The predicted octanol–water partition coefficient (Wildman–Crippen LogP) is 6.63. The molecule has 150 valence electrons. The minimum atomic E-state index is -0.410. The van der Waals surface area contributed by atoms with E-state index in [1.807, 2.05) is 77.9 Å². The lowest BCUT2D eigenvalue weighted by Gasteiger charge is -2.17. The lowest BCUT2D eigenvalue weighted by Crippen LogP contribution is -2.27. The predicted molar refractivity (Wildman–Crippen MR) is 121 cm³/mol. The van der Waals surface area contributed by atoms with E-state index in [0.717, 1.165) is 21.0 Å². The molecule has 0 aliphatic carbocycles. The second-order valence-electron chi connectivity index (χ2n) is 8.89. The smallest absolute Gasteiger partial charge is 0.229 e. The third-order valence-corrected chi connectivity index (χ3v) is 6.57. The van der Waals surface area contributed by atoms with Gasteiger partial charge in [-0.1, -0.05) is 75.3 Å². The maximum atomic E-state index is 12.1. The van der Waals surface area contributed by atoms with E-state index in [-0.39, 0.29) is 17.1 Å². The quantitative estimate of drug-likeness (QED) is 0.538. The number of carbonyl (C=O) groups is 2. The zero-order valence-corrected chi connectivity index (χ0v) is 19.1. The fraction of sp³-hybridized carbons (Fsp3) is 0.391. The van der Waals surface area contributed by atoms with Crippen molar-refractivity contribution in [2.75, 3.05) is 5.32 Å². The van der Waals surface area contributed by atoms with E-state index in [1.165, 1.54) is 0 Å². The van der Waals surface area contributed by atoms with Gasteiger partial charge in [-0.2, -0.15) is 0 Å². The van der Waals surface area contributed by atoms with E-state index < -0.39 is 5.41 Å². The summed E-state index contributed by atoms with van der Waals surface area (Å²) < 4.78 is 0. The van der Waals surface area contributed by atoms with Crippen LogP contribution in [0.2, 0.25) is 0 Å². The van der Waals surface area contributed by atoms with E-state index in [2.05, 4.69) is 17.4 Å². The molecular formula is C23H29NO2S2. The topological polar surface area (TPSA) is 46.2 Å². The van der Waals surface area contributed by atoms with Crippen LogP contribution in [-0.2, 0) is 16.0 Å². The van der Waals surface area contributed by atoms with Crippen LogP contribution in [0.5, 0.6) is 0 Å². The molecule has 2 aromatic carbocycles. The Morgan fingerprint density at radius 3 is 1.64 bits per heavy atom. The highest BCUT2D eigenvalue weighted by atomic mass is 33.1. The summed E-state index contributed by atoms with van der Waals surface area (Å²) in [5.41, 5.74) is 1.14. The van der Waals surface area contributed by atoms with Crippen LogP contribution in [0.25, 0.3) is 0 Å². The second kappa shape index (κ2) is 9.19. The molecule has 3 nitrogen and oxygen atoms in total. The molecule has 2 rings (SSSR count). The highest BCUT2D eigenvalue weighted by Crippen LogP contribution is 2.37. The third kappa shape index (κ3) is 7.02. The summed E-state index contributed by atoms with van der Waals surface area (Å²) in [4.78, 5) is 26.4. The average molecular weight is 416 g/mol. The van der Waals surface area contributed by atoms with Crippen LogP contribution in [0, 0.1) is 10.8 Å². The Morgan fingerprint density at radius 1 is 0.750 bits per heavy atom. The number of benzene rings is 2. The van der Waals surface area contributed by atoms with Crippen LogP contribution in [0.4, 0.5) is 5.69 Å². The molecule has 0 aliphatic rings. The van der Waals surface area contributed by atoms with Crippen LogP contribution < -0.4 is 5.32 Å². The standard InChI is InChI=1S/C23H29NO2S2/c1-22(2,3)20(25)15-16-7-11-18(12-8-16)27-28-19-13-9-17(10-14-19)24-21(26)23(4,5)6/h7-14H,15H2,1-6H3,(H,24,26). The van der Waals surface area contributed by atoms with Crippen molar-refractivity contribution >= 4 is 39.0 Å². The normalized spacial score (nSPS) is 11.9. The number of rotatable bonds is 6. The van der Waals surface area contributed by atoms with Gasteiger partial charge in [0.1, 0.15) is 5.78 Å². The number of hydrogen-bond donors (Lipinski definition) is 1. The Balaban J connectivity index is 1.88. The molecule has 0 spiro atoms. The van der Waals surface area contributed by atoms with E-state index >= 15 is 0 Å². The summed E-state index contributed by atoms with van der Waals surface area (Å²) in [5.74, 6) is 0.258. The van der Waals surface area contributed by atoms with E-state index in [4.69, 9.17) is 0 Å². The Kier molecular flexibility index (Phi) is 7.40. The SMILES string of the molecule is CC(C)(C)C(=O)Cc1ccc(SSc2ccc(NC(=O)C(C)(C)C)cc2)cc1. The molecule has 28 heavy (non-hydrogen) atoms. The molecule has 2 aromatic rings. The number of hydrogen-bond acceptors (Lipinski definition) is 4. The summed E-state index contributed by atoms with van der Waals surface area (Å²) >= 11 is 0. The monoisotopic (exact) mass is 415 g/mol. The molecule has 5 heteroatoms. The number of amides is 1. The van der Waals surface area contributed by atoms with Crippen molar-refractivity contribution < 1.29 is 9.59 Å². The van der Waals surface area contributed by atoms with Crippen molar-refractivity contribution in [3.63, 3.8) is 0 Å². The molecule has 1 amide bonds. The van der Waals surface area contributed by atoms with Gasteiger partial charge in [0, 0.05) is 32.7 Å². The van der Waals surface area contributed by atoms with Crippen LogP contribution in [-0.4, -0.2) is 11.7 Å². The maximum absolute atomic E-state index is 12.1. The molecule has 0 unspecified atom stereocenters. The lowest BCUT2D eigenvalue weighted by molar-refractivity contribution is -0.125. The van der Waals surface area contributed by atoms with Crippen molar-refractivity contribution in [2.24, 2.45) is 10.8 Å². The average Bonchev–Trinajstić information content (AvgIpc) is 2.60. The van der Waals surface area contributed by atoms with Crippen molar-refractivity contribution in [3.8, 4) is 0 Å². The number of carbonyl (C=O) groups excluding carboxylic acids is 2. The van der Waals surface area contributed by atoms with Gasteiger partial charge in [0.05, 0.1) is 0 Å². The zero-order valence-electron chi connectivity index (χ0n) is 17.5.